The summed E-state index contributed by atoms with van der Waals surface area (Å²) in [6.07, 6.45) is 1.32. The number of ether oxygens (including phenoxy) is 2. The number of hydrogen-bond acceptors (Lipinski definition) is 6. The molecule has 1 aromatic carbocycles. The first-order chi connectivity index (χ1) is 9.17. The number of nitrogens with zero attached hydrogens (tertiary/aromatic N) is 3. The highest BCUT2D eigenvalue weighted by Gasteiger charge is 2.04. The molecule has 0 atom stereocenters. The molecule has 0 amide bonds. The second-order valence-corrected chi connectivity index (χ2v) is 3.78. The van der Waals surface area contributed by atoms with Gasteiger partial charge in [-0.05, 0) is 18.6 Å². The third-order valence-electron chi connectivity index (χ3n) is 2.47. The van der Waals surface area contributed by atoms with Crippen LogP contribution in [0.15, 0.2) is 34.5 Å². The first kappa shape index (κ1) is 15.2. The highest BCUT2D eigenvalue weighted by molar-refractivity contribution is 5.43. The van der Waals surface area contributed by atoms with E-state index in [2.05, 4.69) is 10.2 Å². The SMILES string of the molecule is COC(CCCN=Nc1ccc([N+](=O)[O-])cc1)OC. The normalized spacial score (nSPS) is 11.3. The predicted octanol–water partition coefficient (Wildman–Crippen LogP) is 3.08. The molecule has 0 aliphatic carbocycles. The molecule has 1 aromatic rings. The maximum absolute atomic E-state index is 10.5. The summed E-state index contributed by atoms with van der Waals surface area (Å²) in [5.41, 5.74) is 0.641. The summed E-state index contributed by atoms with van der Waals surface area (Å²) in [5, 5.41) is 18.4. The van der Waals surface area contributed by atoms with Gasteiger partial charge in [-0.1, -0.05) is 0 Å². The number of rotatable bonds is 8. The second-order valence-electron chi connectivity index (χ2n) is 3.78. The summed E-state index contributed by atoms with van der Waals surface area (Å²) in [6, 6.07) is 5.93. The molecule has 7 nitrogen and oxygen atoms in total. The Kier molecular flexibility index (Phi) is 6.62. The zero-order chi connectivity index (χ0) is 14.1. The first-order valence-electron chi connectivity index (χ1n) is 5.85. The summed E-state index contributed by atoms with van der Waals surface area (Å²) in [5.74, 6) is 0. The number of non-ortho nitro benzene ring substituents is 1. The number of benzene rings is 1. The van der Waals surface area contributed by atoms with Gasteiger partial charge in [-0.25, -0.2) is 0 Å². The van der Waals surface area contributed by atoms with E-state index in [1.807, 2.05) is 0 Å². The smallest absolute Gasteiger partial charge is 0.269 e. The highest BCUT2D eigenvalue weighted by Crippen LogP contribution is 2.18. The van der Waals surface area contributed by atoms with Gasteiger partial charge in [0, 0.05) is 32.8 Å². The van der Waals surface area contributed by atoms with E-state index in [-0.39, 0.29) is 12.0 Å². The van der Waals surface area contributed by atoms with Crippen molar-refractivity contribution in [3.63, 3.8) is 0 Å². The van der Waals surface area contributed by atoms with E-state index in [9.17, 15) is 10.1 Å². The van der Waals surface area contributed by atoms with Crippen molar-refractivity contribution in [1.29, 1.82) is 0 Å². The fourth-order valence-corrected chi connectivity index (χ4v) is 1.43. The molecule has 0 saturated carbocycles. The molecule has 0 bridgehead atoms. The zero-order valence-corrected chi connectivity index (χ0v) is 11.0. The minimum absolute atomic E-state index is 0.0435. The molecule has 0 N–H and O–H groups in total. The molecule has 104 valence electrons. The van der Waals surface area contributed by atoms with Crippen LogP contribution in [0.1, 0.15) is 12.8 Å². The molecular weight excluding hydrogens is 250 g/mol. The Bertz CT molecular complexity index is 415. The molecule has 0 aromatic heterocycles. The van der Waals surface area contributed by atoms with Crippen molar-refractivity contribution in [2.75, 3.05) is 20.8 Å². The number of azo groups is 1. The van der Waals surface area contributed by atoms with Crippen molar-refractivity contribution < 1.29 is 14.4 Å². The lowest BCUT2D eigenvalue weighted by Gasteiger charge is -2.11. The fraction of sp³-hybridized carbons (Fsp3) is 0.500. The quantitative estimate of drug-likeness (QED) is 0.238. The van der Waals surface area contributed by atoms with E-state index < -0.39 is 4.92 Å². The Morgan fingerprint density at radius 3 is 2.42 bits per heavy atom. The monoisotopic (exact) mass is 267 g/mol. The maximum atomic E-state index is 10.5. The van der Waals surface area contributed by atoms with E-state index in [0.29, 0.717) is 12.2 Å². The highest BCUT2D eigenvalue weighted by atomic mass is 16.7. The van der Waals surface area contributed by atoms with Gasteiger partial charge < -0.3 is 9.47 Å². The number of nitro benzene ring substituents is 1. The Morgan fingerprint density at radius 1 is 1.26 bits per heavy atom. The van der Waals surface area contributed by atoms with Crippen molar-refractivity contribution in [3.8, 4) is 0 Å². The minimum atomic E-state index is -0.448. The van der Waals surface area contributed by atoms with Gasteiger partial charge in [0.15, 0.2) is 6.29 Å². The third-order valence-corrected chi connectivity index (χ3v) is 2.47. The van der Waals surface area contributed by atoms with Crippen molar-refractivity contribution in [3.05, 3.63) is 34.4 Å². The van der Waals surface area contributed by atoms with Crippen molar-refractivity contribution in [1.82, 2.24) is 0 Å². The van der Waals surface area contributed by atoms with Gasteiger partial charge in [-0.2, -0.15) is 10.2 Å². The number of hydrogen-bond donors (Lipinski definition) is 0. The van der Waals surface area contributed by atoms with Crippen LogP contribution in [0.4, 0.5) is 11.4 Å². The Morgan fingerprint density at radius 2 is 1.89 bits per heavy atom. The van der Waals surface area contributed by atoms with Crippen LogP contribution in [-0.4, -0.2) is 32.0 Å². The Hall–Kier alpha value is -1.86. The third kappa shape index (κ3) is 5.54. The van der Waals surface area contributed by atoms with Gasteiger partial charge >= 0.3 is 0 Å². The van der Waals surface area contributed by atoms with Gasteiger partial charge in [-0.3, -0.25) is 10.1 Å². The molecule has 1 rings (SSSR count). The molecule has 0 unspecified atom stereocenters. The van der Waals surface area contributed by atoms with Crippen LogP contribution in [0.25, 0.3) is 0 Å². The van der Waals surface area contributed by atoms with Gasteiger partial charge in [0.05, 0.1) is 17.2 Å². The zero-order valence-electron chi connectivity index (χ0n) is 11.0. The molecule has 0 heterocycles. The molecular formula is C12H17N3O4. The summed E-state index contributed by atoms with van der Waals surface area (Å²) >= 11 is 0. The van der Waals surface area contributed by atoms with E-state index in [1.165, 1.54) is 12.1 Å². The van der Waals surface area contributed by atoms with Crippen LogP contribution in [-0.2, 0) is 9.47 Å². The minimum Gasteiger partial charge on any atom is -0.356 e. The van der Waals surface area contributed by atoms with E-state index in [1.54, 1.807) is 26.4 Å². The van der Waals surface area contributed by atoms with Crippen LogP contribution >= 0.6 is 0 Å². The summed E-state index contributed by atoms with van der Waals surface area (Å²) in [6.45, 7) is 0.556. The van der Waals surface area contributed by atoms with E-state index in [4.69, 9.17) is 9.47 Å². The molecule has 0 aliphatic rings. The molecule has 0 radical (unpaired) electrons. The number of nitro groups is 1. The molecule has 7 heteroatoms. The lowest BCUT2D eigenvalue weighted by Crippen LogP contribution is -2.12. The lowest BCUT2D eigenvalue weighted by molar-refractivity contribution is -0.384. The number of methoxy groups -OCH3 is 2. The molecule has 19 heavy (non-hydrogen) atoms. The van der Waals surface area contributed by atoms with Crippen molar-refractivity contribution in [2.24, 2.45) is 10.2 Å². The van der Waals surface area contributed by atoms with E-state index in [0.717, 1.165) is 12.8 Å². The summed E-state index contributed by atoms with van der Waals surface area (Å²) in [7, 11) is 3.18. The summed E-state index contributed by atoms with van der Waals surface area (Å²) in [4.78, 5) is 10.0. The average Bonchev–Trinajstić information content (AvgIpc) is 2.43. The fourth-order valence-electron chi connectivity index (χ4n) is 1.43. The predicted molar refractivity (Wildman–Crippen MR) is 69.5 cm³/mol. The van der Waals surface area contributed by atoms with Crippen LogP contribution in [0, 0.1) is 10.1 Å². The summed E-state index contributed by atoms with van der Waals surface area (Å²) < 4.78 is 10.1. The van der Waals surface area contributed by atoms with Crippen LogP contribution < -0.4 is 0 Å². The van der Waals surface area contributed by atoms with Gasteiger partial charge in [0.2, 0.25) is 0 Å². The first-order valence-corrected chi connectivity index (χ1v) is 5.85. The molecule has 0 aliphatic heterocycles. The van der Waals surface area contributed by atoms with Crippen LogP contribution in [0.2, 0.25) is 0 Å². The molecule has 0 fully saturated rings. The van der Waals surface area contributed by atoms with Crippen molar-refractivity contribution >= 4 is 11.4 Å². The van der Waals surface area contributed by atoms with Gasteiger partial charge in [-0.15, -0.1) is 0 Å². The van der Waals surface area contributed by atoms with Crippen LogP contribution in [0.3, 0.4) is 0 Å². The van der Waals surface area contributed by atoms with Crippen LogP contribution in [0.5, 0.6) is 0 Å². The standard InChI is InChI=1S/C12H17N3O4/c1-18-12(19-2)4-3-9-13-14-10-5-7-11(8-6-10)15(16)17/h5-8,12H,3-4,9H2,1-2H3. The molecule has 0 saturated heterocycles. The van der Waals surface area contributed by atoms with Crippen molar-refractivity contribution in [2.45, 2.75) is 19.1 Å². The lowest BCUT2D eigenvalue weighted by atomic mass is 10.3. The van der Waals surface area contributed by atoms with Gasteiger partial charge in [0.1, 0.15) is 0 Å². The Labute approximate surface area is 111 Å². The maximum Gasteiger partial charge on any atom is 0.269 e. The average molecular weight is 267 g/mol. The topological polar surface area (TPSA) is 86.3 Å². The largest absolute Gasteiger partial charge is 0.356 e. The molecule has 0 spiro atoms. The van der Waals surface area contributed by atoms with Gasteiger partial charge in [0.25, 0.3) is 5.69 Å². The van der Waals surface area contributed by atoms with E-state index >= 15 is 0 Å². The second kappa shape index (κ2) is 8.28. The Balaban J connectivity index is 2.34.